The molecule has 1 N–H and O–H groups in total. The Hall–Kier alpha value is -1.55. The van der Waals surface area contributed by atoms with Gasteiger partial charge in [0.2, 0.25) is 0 Å². The molecule has 0 saturated heterocycles. The number of aromatic nitrogens is 3. The predicted octanol–water partition coefficient (Wildman–Crippen LogP) is 2.64. The molecule has 3 rings (SSSR count). The zero-order chi connectivity index (χ0) is 14.1. The molecule has 108 valence electrons. The van der Waals surface area contributed by atoms with Crippen LogP contribution in [0.4, 0.5) is 0 Å². The van der Waals surface area contributed by atoms with E-state index in [4.69, 9.17) is 0 Å². The van der Waals surface area contributed by atoms with Crippen molar-refractivity contribution in [3.8, 4) is 0 Å². The molecular formula is C16H24N4. The highest BCUT2D eigenvalue weighted by Gasteiger charge is 2.32. The topological polar surface area (TPSA) is 34.8 Å². The Labute approximate surface area is 120 Å². The van der Waals surface area contributed by atoms with E-state index in [0.29, 0.717) is 6.04 Å². The molecule has 1 atom stereocenters. The molecule has 2 aromatic rings. The van der Waals surface area contributed by atoms with E-state index in [1.807, 2.05) is 18.7 Å². The van der Waals surface area contributed by atoms with E-state index < -0.39 is 0 Å². The molecular weight excluding hydrogens is 248 g/mol. The minimum atomic E-state index is 0.537. The smallest absolute Gasteiger partial charge is 0.0639 e. The maximum atomic E-state index is 4.41. The van der Waals surface area contributed by atoms with Crippen LogP contribution in [0.5, 0.6) is 0 Å². The molecule has 0 amide bonds. The number of aryl methyl sites for hydroxylation is 2. The molecule has 0 radical (unpaired) electrons. The second-order valence-corrected chi connectivity index (χ2v) is 5.89. The lowest BCUT2D eigenvalue weighted by atomic mass is 10.1. The van der Waals surface area contributed by atoms with Crippen molar-refractivity contribution in [1.29, 1.82) is 0 Å². The quantitative estimate of drug-likeness (QED) is 0.877. The molecule has 4 nitrogen and oxygen atoms in total. The van der Waals surface area contributed by atoms with E-state index >= 15 is 0 Å². The first-order valence-electron chi connectivity index (χ1n) is 7.56. The van der Waals surface area contributed by atoms with Crippen LogP contribution in [0.1, 0.15) is 42.8 Å². The van der Waals surface area contributed by atoms with Crippen LogP contribution < -0.4 is 5.32 Å². The maximum Gasteiger partial charge on any atom is 0.0639 e. The van der Waals surface area contributed by atoms with E-state index in [-0.39, 0.29) is 0 Å². The minimum Gasteiger partial charge on any atom is -0.348 e. The highest BCUT2D eigenvalue weighted by atomic mass is 15.3. The van der Waals surface area contributed by atoms with E-state index in [1.54, 1.807) is 0 Å². The summed E-state index contributed by atoms with van der Waals surface area (Å²) in [5, 5.41) is 8.03. The minimum absolute atomic E-state index is 0.537. The van der Waals surface area contributed by atoms with Crippen molar-refractivity contribution in [2.75, 3.05) is 6.54 Å². The standard InChI is InChI=1S/C16H24N4/c1-4-17-16(13-5-6-13)14-7-8-20(10-14)11-15-9-12(2)18-19(15)3/h7-10,13,16-17H,4-6,11H2,1-3H3. The summed E-state index contributed by atoms with van der Waals surface area (Å²) >= 11 is 0. The Balaban J connectivity index is 1.74. The highest BCUT2D eigenvalue weighted by Crippen LogP contribution is 2.41. The lowest BCUT2D eigenvalue weighted by Gasteiger charge is -2.15. The van der Waals surface area contributed by atoms with Gasteiger partial charge in [-0.15, -0.1) is 0 Å². The van der Waals surface area contributed by atoms with E-state index in [1.165, 1.54) is 24.1 Å². The summed E-state index contributed by atoms with van der Waals surface area (Å²) in [7, 11) is 2.01. The summed E-state index contributed by atoms with van der Waals surface area (Å²) in [6, 6.07) is 4.95. The first-order chi connectivity index (χ1) is 9.67. The van der Waals surface area contributed by atoms with Crippen LogP contribution in [-0.4, -0.2) is 20.9 Å². The van der Waals surface area contributed by atoms with Gasteiger partial charge in [0.15, 0.2) is 0 Å². The Morgan fingerprint density at radius 3 is 2.85 bits per heavy atom. The zero-order valence-electron chi connectivity index (χ0n) is 12.6. The van der Waals surface area contributed by atoms with Gasteiger partial charge in [-0.2, -0.15) is 5.10 Å². The molecule has 1 saturated carbocycles. The number of rotatable bonds is 6. The van der Waals surface area contributed by atoms with Crippen molar-refractivity contribution in [3.63, 3.8) is 0 Å². The molecule has 1 aliphatic rings. The van der Waals surface area contributed by atoms with Crippen molar-refractivity contribution >= 4 is 0 Å². The van der Waals surface area contributed by atoms with Gasteiger partial charge >= 0.3 is 0 Å². The van der Waals surface area contributed by atoms with Crippen LogP contribution in [0.2, 0.25) is 0 Å². The number of nitrogens with one attached hydrogen (secondary N) is 1. The van der Waals surface area contributed by atoms with Gasteiger partial charge in [-0.1, -0.05) is 6.92 Å². The molecule has 0 aromatic carbocycles. The van der Waals surface area contributed by atoms with Gasteiger partial charge in [0, 0.05) is 25.5 Å². The first-order valence-corrected chi connectivity index (χ1v) is 7.56. The third kappa shape index (κ3) is 2.80. The van der Waals surface area contributed by atoms with Crippen molar-refractivity contribution < 1.29 is 0 Å². The normalized spacial score (nSPS) is 16.6. The van der Waals surface area contributed by atoms with Crippen molar-refractivity contribution in [1.82, 2.24) is 19.7 Å². The van der Waals surface area contributed by atoms with Gasteiger partial charge in [0.1, 0.15) is 0 Å². The van der Waals surface area contributed by atoms with E-state index in [2.05, 4.69) is 46.4 Å². The Kier molecular flexibility index (Phi) is 3.66. The van der Waals surface area contributed by atoms with Crippen molar-refractivity contribution in [3.05, 3.63) is 41.5 Å². The zero-order valence-corrected chi connectivity index (χ0v) is 12.6. The predicted molar refractivity (Wildman–Crippen MR) is 80.6 cm³/mol. The monoisotopic (exact) mass is 272 g/mol. The fraction of sp³-hybridized carbons (Fsp3) is 0.562. The summed E-state index contributed by atoms with van der Waals surface area (Å²) in [6.07, 6.45) is 7.20. The second kappa shape index (κ2) is 5.44. The summed E-state index contributed by atoms with van der Waals surface area (Å²) in [4.78, 5) is 0. The third-order valence-corrected chi connectivity index (χ3v) is 4.09. The molecule has 0 aliphatic heterocycles. The molecule has 1 aliphatic carbocycles. The molecule has 0 bridgehead atoms. The number of hydrogen-bond donors (Lipinski definition) is 1. The van der Waals surface area contributed by atoms with E-state index in [9.17, 15) is 0 Å². The molecule has 4 heteroatoms. The van der Waals surface area contributed by atoms with Crippen LogP contribution in [0, 0.1) is 12.8 Å². The number of hydrogen-bond acceptors (Lipinski definition) is 2. The number of nitrogens with zero attached hydrogens (tertiary/aromatic N) is 3. The Morgan fingerprint density at radius 2 is 2.25 bits per heavy atom. The summed E-state index contributed by atoms with van der Waals surface area (Å²) in [5.41, 5.74) is 3.75. The van der Waals surface area contributed by atoms with Crippen molar-refractivity contribution in [2.24, 2.45) is 13.0 Å². The molecule has 1 fully saturated rings. The lowest BCUT2D eigenvalue weighted by Crippen LogP contribution is -2.22. The molecule has 20 heavy (non-hydrogen) atoms. The summed E-state index contributed by atoms with van der Waals surface area (Å²) < 4.78 is 4.23. The van der Waals surface area contributed by atoms with Crippen LogP contribution in [0.15, 0.2) is 24.5 Å². The SMILES string of the molecule is CCNC(c1ccn(Cc2cc(C)nn2C)c1)C1CC1. The third-order valence-electron chi connectivity index (χ3n) is 4.09. The second-order valence-electron chi connectivity index (χ2n) is 5.89. The average molecular weight is 272 g/mol. The van der Waals surface area contributed by atoms with Gasteiger partial charge in [0.05, 0.1) is 17.9 Å². The van der Waals surface area contributed by atoms with Gasteiger partial charge in [-0.25, -0.2) is 0 Å². The van der Waals surface area contributed by atoms with Crippen LogP contribution in [-0.2, 0) is 13.6 Å². The largest absolute Gasteiger partial charge is 0.348 e. The fourth-order valence-corrected chi connectivity index (χ4v) is 2.95. The van der Waals surface area contributed by atoms with E-state index in [0.717, 1.165) is 24.7 Å². The van der Waals surface area contributed by atoms with Crippen LogP contribution >= 0.6 is 0 Å². The highest BCUT2D eigenvalue weighted by molar-refractivity contribution is 5.19. The molecule has 2 heterocycles. The van der Waals surface area contributed by atoms with Gasteiger partial charge < -0.3 is 9.88 Å². The van der Waals surface area contributed by atoms with Gasteiger partial charge in [0.25, 0.3) is 0 Å². The van der Waals surface area contributed by atoms with Crippen LogP contribution in [0.25, 0.3) is 0 Å². The van der Waals surface area contributed by atoms with Crippen molar-refractivity contribution in [2.45, 2.75) is 39.3 Å². The molecule has 0 spiro atoms. The molecule has 2 aromatic heterocycles. The average Bonchev–Trinajstić information content (AvgIpc) is 3.06. The lowest BCUT2D eigenvalue weighted by molar-refractivity contribution is 0.495. The Bertz CT molecular complexity index is 577. The summed E-state index contributed by atoms with van der Waals surface area (Å²) in [6.45, 7) is 6.15. The molecule has 1 unspecified atom stereocenters. The van der Waals surface area contributed by atoms with Crippen LogP contribution in [0.3, 0.4) is 0 Å². The fourth-order valence-electron chi connectivity index (χ4n) is 2.95. The first kappa shape index (κ1) is 13.4. The Morgan fingerprint density at radius 1 is 1.45 bits per heavy atom. The summed E-state index contributed by atoms with van der Waals surface area (Å²) in [5.74, 6) is 0.838. The van der Waals surface area contributed by atoms with Gasteiger partial charge in [-0.3, -0.25) is 4.68 Å². The maximum absolute atomic E-state index is 4.41. The van der Waals surface area contributed by atoms with Gasteiger partial charge in [-0.05, 0) is 49.9 Å².